The molecular weight excluding hydrogens is 486 g/mol. The zero-order valence-electron chi connectivity index (χ0n) is 18.7. The van der Waals surface area contributed by atoms with E-state index in [2.05, 4.69) is 42.8 Å². The van der Waals surface area contributed by atoms with Crippen molar-refractivity contribution in [2.45, 2.75) is 51.5 Å². The Labute approximate surface area is 201 Å². The summed E-state index contributed by atoms with van der Waals surface area (Å²) in [5.74, 6) is 1.48. The Morgan fingerprint density at radius 2 is 2.06 bits per heavy atom. The highest BCUT2D eigenvalue weighted by Crippen LogP contribution is 2.52. The highest BCUT2D eigenvalue weighted by molar-refractivity contribution is 9.10. The number of halogens is 1. The van der Waals surface area contributed by atoms with Crippen LogP contribution in [-0.2, 0) is 4.79 Å². The van der Waals surface area contributed by atoms with Gasteiger partial charge in [0.15, 0.2) is 10.9 Å². The smallest absolute Gasteiger partial charge is 0.164 e. The van der Waals surface area contributed by atoms with Gasteiger partial charge in [0.2, 0.25) is 0 Å². The summed E-state index contributed by atoms with van der Waals surface area (Å²) in [7, 11) is 0. The molecule has 166 valence electrons. The van der Waals surface area contributed by atoms with Gasteiger partial charge in [-0.25, -0.2) is 0 Å². The minimum absolute atomic E-state index is 0.0601. The standard InChI is InChI=1S/C25H26BrN3O2S/c1-5-32-24-15(10-14(2)31-24)21-16(13-27)23(28)29(18-9-7-6-8-17(18)26)19-11-25(3,4)12-20(30)22(19)21/h6-10,21H,5,11-12,28H2,1-4H3. The van der Waals surface area contributed by atoms with Crippen LogP contribution in [-0.4, -0.2) is 11.5 Å². The number of carbonyl (C=O) groups is 1. The van der Waals surface area contributed by atoms with Crippen molar-refractivity contribution in [3.05, 3.63) is 68.8 Å². The van der Waals surface area contributed by atoms with Gasteiger partial charge in [-0.3, -0.25) is 9.69 Å². The van der Waals surface area contributed by atoms with Crippen LogP contribution in [0.3, 0.4) is 0 Å². The fraction of sp³-hybridized carbons (Fsp3) is 0.360. The number of ketones is 1. The maximum absolute atomic E-state index is 13.6. The monoisotopic (exact) mass is 511 g/mol. The minimum Gasteiger partial charge on any atom is -0.455 e. The van der Waals surface area contributed by atoms with Crippen LogP contribution < -0.4 is 10.6 Å². The molecule has 2 aromatic rings. The number of hydrogen-bond acceptors (Lipinski definition) is 6. The first kappa shape index (κ1) is 22.8. The summed E-state index contributed by atoms with van der Waals surface area (Å²) in [5.41, 5.74) is 10.1. The Bertz CT molecular complexity index is 1200. The average molecular weight is 512 g/mol. The number of furan rings is 1. The Hall–Kier alpha value is -2.43. The number of carbonyl (C=O) groups excluding carboxylic acids is 1. The highest BCUT2D eigenvalue weighted by Gasteiger charge is 2.46. The predicted molar refractivity (Wildman–Crippen MR) is 131 cm³/mol. The van der Waals surface area contributed by atoms with E-state index in [9.17, 15) is 10.1 Å². The Kier molecular flexibility index (Phi) is 6.04. The largest absolute Gasteiger partial charge is 0.455 e. The fourth-order valence-electron chi connectivity index (χ4n) is 4.69. The normalized spacial score (nSPS) is 20.4. The third kappa shape index (κ3) is 3.80. The van der Waals surface area contributed by atoms with E-state index < -0.39 is 5.92 Å². The summed E-state index contributed by atoms with van der Waals surface area (Å²) in [5, 5.41) is 11.0. The molecule has 0 bridgehead atoms. The molecule has 1 atom stereocenters. The molecule has 0 spiro atoms. The minimum atomic E-state index is -0.524. The van der Waals surface area contributed by atoms with Crippen molar-refractivity contribution in [1.82, 2.24) is 0 Å². The zero-order chi connectivity index (χ0) is 23.2. The molecule has 1 aromatic carbocycles. The molecule has 1 aliphatic carbocycles. The van der Waals surface area contributed by atoms with Gasteiger partial charge >= 0.3 is 0 Å². The number of thioether (sulfide) groups is 1. The first-order valence-electron chi connectivity index (χ1n) is 10.6. The fourth-order valence-corrected chi connectivity index (χ4v) is 5.94. The molecule has 4 rings (SSSR count). The zero-order valence-corrected chi connectivity index (χ0v) is 21.1. The van der Waals surface area contributed by atoms with Crippen LogP contribution in [0.15, 0.2) is 67.0 Å². The average Bonchev–Trinajstić information content (AvgIpc) is 3.07. The van der Waals surface area contributed by atoms with E-state index in [0.29, 0.717) is 29.8 Å². The van der Waals surface area contributed by atoms with Crippen LogP contribution in [0.5, 0.6) is 0 Å². The predicted octanol–water partition coefficient (Wildman–Crippen LogP) is 6.40. The lowest BCUT2D eigenvalue weighted by molar-refractivity contribution is -0.118. The second kappa shape index (κ2) is 8.49. The lowest BCUT2D eigenvalue weighted by Crippen LogP contribution is -2.42. The number of rotatable bonds is 4. The summed E-state index contributed by atoms with van der Waals surface area (Å²) in [6.45, 7) is 8.14. The maximum Gasteiger partial charge on any atom is 0.164 e. The molecule has 0 amide bonds. The van der Waals surface area contributed by atoms with Gasteiger partial charge in [-0.1, -0.05) is 44.7 Å². The summed E-state index contributed by atoms with van der Waals surface area (Å²) >= 11 is 5.20. The van der Waals surface area contributed by atoms with Gasteiger partial charge in [0.1, 0.15) is 11.6 Å². The van der Waals surface area contributed by atoms with Crippen LogP contribution in [0.1, 0.15) is 50.9 Å². The number of allylic oxidation sites excluding steroid dienone is 3. The second-order valence-corrected chi connectivity index (χ2v) is 11.1. The van der Waals surface area contributed by atoms with E-state index in [-0.39, 0.29) is 11.2 Å². The first-order valence-corrected chi connectivity index (χ1v) is 12.4. The molecule has 1 aliphatic heterocycles. The van der Waals surface area contributed by atoms with Crippen molar-refractivity contribution in [3.8, 4) is 6.07 Å². The summed E-state index contributed by atoms with van der Waals surface area (Å²) in [6, 6.07) is 12.0. The molecule has 1 unspecified atom stereocenters. The molecule has 0 radical (unpaired) electrons. The molecule has 2 heterocycles. The van der Waals surface area contributed by atoms with Crippen molar-refractivity contribution in [1.29, 1.82) is 5.26 Å². The number of anilines is 1. The molecule has 32 heavy (non-hydrogen) atoms. The SMILES string of the molecule is CCSc1oc(C)cc1C1C(C#N)=C(N)N(c2ccccc2Br)C2=C1C(=O)CC(C)(C)C2. The van der Waals surface area contributed by atoms with E-state index in [1.54, 1.807) is 11.8 Å². The second-order valence-electron chi connectivity index (χ2n) is 8.96. The molecule has 0 fully saturated rings. The molecule has 2 N–H and O–H groups in total. The van der Waals surface area contributed by atoms with Crippen molar-refractivity contribution in [2.24, 2.45) is 11.1 Å². The van der Waals surface area contributed by atoms with E-state index in [0.717, 1.165) is 38.0 Å². The molecule has 5 nitrogen and oxygen atoms in total. The number of aryl methyl sites for hydroxylation is 1. The number of nitrogens with zero attached hydrogens (tertiary/aromatic N) is 2. The van der Waals surface area contributed by atoms with Gasteiger partial charge in [-0.2, -0.15) is 5.26 Å². The van der Waals surface area contributed by atoms with Crippen LogP contribution in [0.2, 0.25) is 0 Å². The van der Waals surface area contributed by atoms with Gasteiger partial charge in [-0.15, -0.1) is 0 Å². The van der Waals surface area contributed by atoms with E-state index in [1.807, 2.05) is 42.2 Å². The lowest BCUT2D eigenvalue weighted by Gasteiger charge is -2.43. The van der Waals surface area contributed by atoms with Gasteiger partial charge in [-0.05, 0) is 58.6 Å². The van der Waals surface area contributed by atoms with Crippen LogP contribution in [0, 0.1) is 23.7 Å². The number of benzene rings is 1. The highest BCUT2D eigenvalue weighted by atomic mass is 79.9. The molecule has 2 aliphatic rings. The molecular formula is C25H26BrN3O2S. The number of nitrogens with two attached hydrogens (primary N) is 1. The summed E-state index contributed by atoms with van der Waals surface area (Å²) in [4.78, 5) is 15.5. The van der Waals surface area contributed by atoms with Crippen molar-refractivity contribution >= 4 is 39.2 Å². The molecule has 1 aromatic heterocycles. The van der Waals surface area contributed by atoms with Crippen LogP contribution >= 0.6 is 27.7 Å². The number of para-hydroxylation sites is 1. The Balaban J connectivity index is 2.03. The molecule has 0 saturated carbocycles. The van der Waals surface area contributed by atoms with E-state index >= 15 is 0 Å². The lowest BCUT2D eigenvalue weighted by atomic mass is 9.69. The van der Waals surface area contributed by atoms with Crippen LogP contribution in [0.4, 0.5) is 5.69 Å². The quantitative estimate of drug-likeness (QED) is 0.477. The van der Waals surface area contributed by atoms with Crippen molar-refractivity contribution < 1.29 is 9.21 Å². The van der Waals surface area contributed by atoms with Gasteiger partial charge < -0.3 is 10.2 Å². The van der Waals surface area contributed by atoms with Gasteiger partial charge in [0.05, 0.1) is 23.2 Å². The van der Waals surface area contributed by atoms with Gasteiger partial charge in [0, 0.05) is 27.7 Å². The topological polar surface area (TPSA) is 83.3 Å². The Morgan fingerprint density at radius 1 is 1.34 bits per heavy atom. The van der Waals surface area contributed by atoms with Crippen LogP contribution in [0.25, 0.3) is 0 Å². The van der Waals surface area contributed by atoms with Gasteiger partial charge in [0.25, 0.3) is 0 Å². The van der Waals surface area contributed by atoms with E-state index in [1.165, 1.54) is 0 Å². The third-order valence-corrected chi connectivity index (χ3v) is 7.45. The molecule has 7 heteroatoms. The van der Waals surface area contributed by atoms with Crippen molar-refractivity contribution in [2.75, 3.05) is 10.7 Å². The number of Topliss-reactive ketones (excluding diaryl/α,β-unsaturated/α-hetero) is 1. The number of hydrogen-bond donors (Lipinski definition) is 1. The third-order valence-electron chi connectivity index (χ3n) is 5.91. The summed E-state index contributed by atoms with van der Waals surface area (Å²) < 4.78 is 6.81. The maximum atomic E-state index is 13.6. The first-order chi connectivity index (χ1) is 15.2. The molecule has 0 saturated heterocycles. The van der Waals surface area contributed by atoms with Crippen molar-refractivity contribution in [3.63, 3.8) is 0 Å². The summed E-state index contributed by atoms with van der Waals surface area (Å²) in [6.07, 6.45) is 1.11. The number of nitriles is 1. The Morgan fingerprint density at radius 3 is 2.72 bits per heavy atom. The van der Waals surface area contributed by atoms with E-state index in [4.69, 9.17) is 10.2 Å².